The lowest BCUT2D eigenvalue weighted by molar-refractivity contribution is -0.899. The largest absolute Gasteiger partial charge is 0.352 e. The van der Waals surface area contributed by atoms with Gasteiger partial charge in [0.25, 0.3) is 0 Å². The highest BCUT2D eigenvalue weighted by Crippen LogP contribution is 2.23. The molecule has 1 aromatic carbocycles. The van der Waals surface area contributed by atoms with E-state index in [4.69, 9.17) is 11.6 Å². The Kier molecular flexibility index (Phi) is 3.86. The van der Waals surface area contributed by atoms with Gasteiger partial charge in [-0.3, -0.25) is 0 Å². The molecule has 2 nitrogen and oxygen atoms in total. The molecule has 0 heterocycles. The number of nitrogens with one attached hydrogen (secondary N) is 1. The van der Waals surface area contributed by atoms with E-state index in [1.165, 1.54) is 6.07 Å². The van der Waals surface area contributed by atoms with E-state index < -0.39 is 0 Å². The SMILES string of the molecule is C[NH+](C)[C@H](C[NH3+])c1c(F)cccc1Cl. The summed E-state index contributed by atoms with van der Waals surface area (Å²) in [6.07, 6.45) is 0. The summed E-state index contributed by atoms with van der Waals surface area (Å²) in [5.74, 6) is -0.243. The molecule has 1 rings (SSSR count). The van der Waals surface area contributed by atoms with Crippen molar-refractivity contribution in [3.8, 4) is 0 Å². The molecule has 0 spiro atoms. The smallest absolute Gasteiger partial charge is 0.166 e. The fourth-order valence-electron chi connectivity index (χ4n) is 1.57. The van der Waals surface area contributed by atoms with Gasteiger partial charge in [0, 0.05) is 0 Å². The Balaban J connectivity index is 3.15. The zero-order valence-corrected chi connectivity index (χ0v) is 9.24. The number of quaternary nitrogens is 2. The standard InChI is InChI=1S/C10H14ClFN2/c1-14(2)9(6-13)10-7(11)4-3-5-8(10)12/h3-5,9H,6,13H2,1-2H3/p+2/t9-/m1/s1. The molecule has 78 valence electrons. The van der Waals surface area contributed by atoms with Gasteiger partial charge in [-0.2, -0.15) is 0 Å². The highest BCUT2D eigenvalue weighted by atomic mass is 35.5. The van der Waals surface area contributed by atoms with Gasteiger partial charge in [0.1, 0.15) is 12.4 Å². The van der Waals surface area contributed by atoms with Crippen molar-refractivity contribution in [3.63, 3.8) is 0 Å². The van der Waals surface area contributed by atoms with Gasteiger partial charge < -0.3 is 10.6 Å². The molecule has 0 saturated heterocycles. The molecule has 14 heavy (non-hydrogen) atoms. The Morgan fingerprint density at radius 1 is 1.50 bits per heavy atom. The van der Waals surface area contributed by atoms with Gasteiger partial charge in [0.2, 0.25) is 0 Å². The Hall–Kier alpha value is -0.640. The molecular formula is C10H16ClFN2+2. The van der Waals surface area contributed by atoms with Crippen LogP contribution in [0.3, 0.4) is 0 Å². The van der Waals surface area contributed by atoms with Crippen LogP contribution >= 0.6 is 11.6 Å². The summed E-state index contributed by atoms with van der Waals surface area (Å²) in [7, 11) is 3.94. The van der Waals surface area contributed by atoms with Gasteiger partial charge in [0.05, 0.1) is 24.7 Å². The summed E-state index contributed by atoms with van der Waals surface area (Å²) in [5.41, 5.74) is 4.39. The summed E-state index contributed by atoms with van der Waals surface area (Å²) in [6, 6.07) is 4.79. The van der Waals surface area contributed by atoms with Crippen LogP contribution in [0.1, 0.15) is 11.6 Å². The van der Waals surface area contributed by atoms with Crippen molar-refractivity contribution < 1.29 is 15.0 Å². The van der Waals surface area contributed by atoms with E-state index in [1.54, 1.807) is 12.1 Å². The van der Waals surface area contributed by atoms with Crippen LogP contribution in [0, 0.1) is 5.82 Å². The molecule has 0 bridgehead atoms. The van der Waals surface area contributed by atoms with Crippen LogP contribution in [-0.4, -0.2) is 20.6 Å². The third kappa shape index (κ3) is 2.23. The quantitative estimate of drug-likeness (QED) is 0.711. The van der Waals surface area contributed by atoms with E-state index >= 15 is 0 Å². The van der Waals surface area contributed by atoms with E-state index in [1.807, 2.05) is 14.1 Å². The molecule has 0 aliphatic carbocycles. The Morgan fingerprint density at radius 3 is 2.57 bits per heavy atom. The monoisotopic (exact) mass is 218 g/mol. The number of likely N-dealkylation sites (N-methyl/N-ethyl adjacent to an activating group) is 1. The fraction of sp³-hybridized carbons (Fsp3) is 0.400. The van der Waals surface area contributed by atoms with E-state index in [2.05, 4.69) is 5.73 Å². The average molecular weight is 219 g/mol. The predicted molar refractivity (Wildman–Crippen MR) is 54.7 cm³/mol. The topological polar surface area (TPSA) is 32.1 Å². The second kappa shape index (κ2) is 4.73. The van der Waals surface area contributed by atoms with E-state index in [0.717, 1.165) is 4.90 Å². The molecule has 0 saturated carbocycles. The lowest BCUT2D eigenvalue weighted by atomic mass is 10.1. The van der Waals surface area contributed by atoms with Gasteiger partial charge in [-0.25, -0.2) is 4.39 Å². The minimum atomic E-state index is -0.243. The van der Waals surface area contributed by atoms with Crippen LogP contribution in [0.25, 0.3) is 0 Å². The third-order valence-corrected chi connectivity index (χ3v) is 2.66. The number of hydrogen-bond acceptors (Lipinski definition) is 0. The maximum Gasteiger partial charge on any atom is 0.166 e. The van der Waals surface area contributed by atoms with Crippen LogP contribution < -0.4 is 10.6 Å². The lowest BCUT2D eigenvalue weighted by Crippen LogP contribution is -3.08. The fourth-order valence-corrected chi connectivity index (χ4v) is 1.86. The van der Waals surface area contributed by atoms with Crippen LogP contribution in [0.4, 0.5) is 4.39 Å². The van der Waals surface area contributed by atoms with Crippen LogP contribution in [0.2, 0.25) is 5.02 Å². The molecule has 0 fully saturated rings. The first-order valence-electron chi connectivity index (χ1n) is 4.61. The molecule has 0 radical (unpaired) electrons. The maximum absolute atomic E-state index is 13.5. The molecule has 0 amide bonds. The first-order valence-corrected chi connectivity index (χ1v) is 4.99. The third-order valence-electron chi connectivity index (χ3n) is 2.33. The second-order valence-electron chi connectivity index (χ2n) is 3.55. The lowest BCUT2D eigenvalue weighted by Gasteiger charge is -2.19. The molecule has 1 atom stereocenters. The number of rotatable bonds is 3. The predicted octanol–water partition coefficient (Wildman–Crippen LogP) is -0.0934. The molecule has 0 unspecified atom stereocenters. The summed E-state index contributed by atoms with van der Waals surface area (Å²) in [5, 5.41) is 0.486. The molecule has 0 aromatic heterocycles. The van der Waals surface area contributed by atoms with Crippen LogP contribution in [0.15, 0.2) is 18.2 Å². The Bertz CT molecular complexity index is 295. The van der Waals surface area contributed by atoms with Gasteiger partial charge in [-0.1, -0.05) is 17.7 Å². The second-order valence-corrected chi connectivity index (χ2v) is 3.96. The highest BCUT2D eigenvalue weighted by Gasteiger charge is 2.24. The maximum atomic E-state index is 13.5. The van der Waals surface area contributed by atoms with E-state index in [-0.39, 0.29) is 11.9 Å². The average Bonchev–Trinajstić information content (AvgIpc) is 2.10. The first-order chi connectivity index (χ1) is 6.57. The minimum absolute atomic E-state index is 0.0173. The normalized spacial score (nSPS) is 13.3. The van der Waals surface area contributed by atoms with E-state index in [9.17, 15) is 4.39 Å². The molecular weight excluding hydrogens is 203 g/mol. The van der Waals surface area contributed by atoms with Crippen LogP contribution in [0.5, 0.6) is 0 Å². The van der Waals surface area contributed by atoms with Gasteiger partial charge >= 0.3 is 0 Å². The summed E-state index contributed by atoms with van der Waals surface area (Å²) < 4.78 is 13.5. The molecule has 0 aliphatic heterocycles. The zero-order valence-electron chi connectivity index (χ0n) is 8.48. The number of halogens is 2. The van der Waals surface area contributed by atoms with Crippen molar-refractivity contribution in [3.05, 3.63) is 34.6 Å². The van der Waals surface area contributed by atoms with Gasteiger partial charge in [-0.15, -0.1) is 0 Å². The molecule has 1 aromatic rings. The molecule has 0 aliphatic rings. The summed E-state index contributed by atoms with van der Waals surface area (Å²) in [6.45, 7) is 0.628. The number of benzene rings is 1. The van der Waals surface area contributed by atoms with Crippen LogP contribution in [-0.2, 0) is 0 Å². The highest BCUT2D eigenvalue weighted by molar-refractivity contribution is 6.31. The van der Waals surface area contributed by atoms with Gasteiger partial charge in [-0.05, 0) is 12.1 Å². The van der Waals surface area contributed by atoms with Crippen molar-refractivity contribution >= 4 is 11.6 Å². The van der Waals surface area contributed by atoms with Crippen molar-refractivity contribution in [1.82, 2.24) is 0 Å². The van der Waals surface area contributed by atoms with Crippen molar-refractivity contribution in [1.29, 1.82) is 0 Å². The van der Waals surface area contributed by atoms with Crippen molar-refractivity contribution in [2.75, 3.05) is 20.6 Å². The Labute approximate surface area is 88.5 Å². The summed E-state index contributed by atoms with van der Waals surface area (Å²) >= 11 is 5.97. The van der Waals surface area contributed by atoms with Gasteiger partial charge in [0.15, 0.2) is 6.04 Å². The van der Waals surface area contributed by atoms with Crippen molar-refractivity contribution in [2.24, 2.45) is 0 Å². The first kappa shape index (κ1) is 11.4. The summed E-state index contributed by atoms with van der Waals surface area (Å²) in [4.78, 5) is 1.13. The van der Waals surface area contributed by atoms with E-state index in [0.29, 0.717) is 17.1 Å². The number of hydrogen-bond donors (Lipinski definition) is 2. The zero-order chi connectivity index (χ0) is 10.7. The van der Waals surface area contributed by atoms with Crippen molar-refractivity contribution in [2.45, 2.75) is 6.04 Å². The molecule has 4 heteroatoms. The minimum Gasteiger partial charge on any atom is -0.352 e. The Morgan fingerprint density at radius 2 is 2.14 bits per heavy atom. The molecule has 4 N–H and O–H groups in total.